The molecule has 0 saturated heterocycles. The number of nitrogens with zero attached hydrogens (tertiary/aromatic N) is 1. The van der Waals surface area contributed by atoms with E-state index in [0.717, 1.165) is 11.4 Å². The van der Waals surface area contributed by atoms with E-state index in [1.54, 1.807) is 11.3 Å². The zero-order chi connectivity index (χ0) is 13.5. The van der Waals surface area contributed by atoms with Crippen LogP contribution in [0.5, 0.6) is 0 Å². The normalized spacial score (nSPS) is 12.9. The van der Waals surface area contributed by atoms with Crippen LogP contribution in [0.15, 0.2) is 28.6 Å². The van der Waals surface area contributed by atoms with Crippen molar-refractivity contribution < 1.29 is 0 Å². The van der Waals surface area contributed by atoms with Gasteiger partial charge in [0.2, 0.25) is 0 Å². The molecule has 2 rings (SSSR count). The van der Waals surface area contributed by atoms with Gasteiger partial charge in [0.05, 0.1) is 10.2 Å². The zero-order valence-corrected chi connectivity index (χ0v) is 14.0. The molecule has 0 amide bonds. The highest BCUT2D eigenvalue weighted by Crippen LogP contribution is 2.38. The highest BCUT2D eigenvalue weighted by Gasteiger charge is 2.08. The molecule has 0 aliphatic carbocycles. The number of fused-ring (bicyclic) bond motifs is 1. The third-order valence-electron chi connectivity index (χ3n) is 3.25. The minimum absolute atomic E-state index is 0.867. The monoisotopic (exact) mass is 311 g/mol. The first kappa shape index (κ1) is 15.2. The number of unbranched alkanes of at least 4 members (excludes halogenated alkanes) is 1. The Bertz CT molecular complexity index is 462. The summed E-state index contributed by atoms with van der Waals surface area (Å²) in [6, 6.07) is 8.38. The quantitative estimate of drug-likeness (QED) is 0.534. The minimum atomic E-state index is 0.867. The number of rotatable bonds is 8. The Morgan fingerprint density at radius 3 is 2.84 bits per heavy atom. The Kier molecular flexibility index (Phi) is 6.54. The third-order valence-corrected chi connectivity index (χ3v) is 7.09. The van der Waals surface area contributed by atoms with Crippen LogP contribution in [0.2, 0.25) is 0 Å². The molecule has 1 nitrogen and oxygen atoms in total. The van der Waals surface area contributed by atoms with E-state index in [-0.39, 0.29) is 0 Å². The molecule has 0 radical (unpaired) electrons. The van der Waals surface area contributed by atoms with E-state index in [0.29, 0.717) is 0 Å². The van der Waals surface area contributed by atoms with Crippen molar-refractivity contribution in [2.24, 2.45) is 5.92 Å². The predicted molar refractivity (Wildman–Crippen MR) is 91.2 cm³/mol. The van der Waals surface area contributed by atoms with Crippen LogP contribution in [-0.4, -0.2) is 10.7 Å². The molecule has 1 heterocycles. The Morgan fingerprint density at radius 1 is 1.26 bits per heavy atom. The van der Waals surface area contributed by atoms with E-state index in [1.807, 2.05) is 21.6 Å². The average molecular weight is 312 g/mol. The summed E-state index contributed by atoms with van der Waals surface area (Å²) in [4.78, 5) is 4.66. The molecule has 104 valence electrons. The van der Waals surface area contributed by atoms with Crippen molar-refractivity contribution in [3.63, 3.8) is 0 Å². The highest BCUT2D eigenvalue weighted by atomic mass is 33.1. The first-order valence-corrected chi connectivity index (χ1v) is 10.1. The summed E-state index contributed by atoms with van der Waals surface area (Å²) in [7, 11) is 3.82. The Hall–Kier alpha value is -0.190. The van der Waals surface area contributed by atoms with Gasteiger partial charge in [-0.15, -0.1) is 11.3 Å². The van der Waals surface area contributed by atoms with Gasteiger partial charge < -0.3 is 0 Å². The molecule has 0 fully saturated rings. The first-order chi connectivity index (χ1) is 9.33. The van der Waals surface area contributed by atoms with Gasteiger partial charge >= 0.3 is 0 Å². The number of hydrogen-bond acceptors (Lipinski definition) is 4. The summed E-state index contributed by atoms with van der Waals surface area (Å²) in [6.45, 7) is 4.58. The molecule has 0 aliphatic heterocycles. The largest absolute Gasteiger partial charge is 0.229 e. The van der Waals surface area contributed by atoms with Crippen LogP contribution < -0.4 is 0 Å². The maximum Gasteiger partial charge on any atom is 0.161 e. The molecule has 0 N–H and O–H groups in total. The molecule has 0 saturated carbocycles. The number of thiazole rings is 1. The van der Waals surface area contributed by atoms with Gasteiger partial charge in [-0.2, -0.15) is 0 Å². The Morgan fingerprint density at radius 2 is 2.11 bits per heavy atom. The standard InChI is InChI=1S/C15H21NS3/c1-3-5-8-12(4-2)11-17-19-15-16-13-9-6-7-10-14(13)18-15/h6-7,9-10,12H,3-5,8,11H2,1-2H3. The van der Waals surface area contributed by atoms with Gasteiger partial charge in [0, 0.05) is 5.75 Å². The molecule has 1 aromatic heterocycles. The molecule has 4 heteroatoms. The summed E-state index contributed by atoms with van der Waals surface area (Å²) in [5, 5.41) is 0. The number of para-hydroxylation sites is 1. The lowest BCUT2D eigenvalue weighted by Gasteiger charge is -2.12. The second kappa shape index (κ2) is 8.18. The number of aromatic nitrogens is 1. The van der Waals surface area contributed by atoms with Gasteiger partial charge in [0.15, 0.2) is 4.34 Å². The lowest BCUT2D eigenvalue weighted by molar-refractivity contribution is 0.500. The number of benzene rings is 1. The average Bonchev–Trinajstić information content (AvgIpc) is 2.85. The molecule has 0 aliphatic rings. The summed E-state index contributed by atoms with van der Waals surface area (Å²) < 4.78 is 2.49. The fourth-order valence-corrected chi connectivity index (χ4v) is 5.90. The van der Waals surface area contributed by atoms with Gasteiger partial charge in [0.25, 0.3) is 0 Å². The predicted octanol–water partition coefficient (Wildman–Crippen LogP) is 6.25. The molecule has 0 spiro atoms. The Labute approximate surface area is 128 Å². The van der Waals surface area contributed by atoms with Crippen LogP contribution in [-0.2, 0) is 0 Å². The van der Waals surface area contributed by atoms with Crippen molar-refractivity contribution in [3.05, 3.63) is 24.3 Å². The van der Waals surface area contributed by atoms with Crippen LogP contribution in [0.3, 0.4) is 0 Å². The fourth-order valence-electron chi connectivity index (χ4n) is 1.97. The van der Waals surface area contributed by atoms with Gasteiger partial charge in [-0.3, -0.25) is 0 Å². The van der Waals surface area contributed by atoms with Crippen molar-refractivity contribution in [2.45, 2.75) is 43.9 Å². The van der Waals surface area contributed by atoms with Gasteiger partial charge in [-0.05, 0) is 35.3 Å². The lowest BCUT2D eigenvalue weighted by atomic mass is 10.0. The van der Waals surface area contributed by atoms with Crippen LogP contribution in [0, 0.1) is 5.92 Å². The molecule has 1 unspecified atom stereocenters. The second-order valence-corrected chi connectivity index (χ2v) is 8.35. The molecule has 19 heavy (non-hydrogen) atoms. The topological polar surface area (TPSA) is 12.9 Å². The van der Waals surface area contributed by atoms with Gasteiger partial charge in [0.1, 0.15) is 0 Å². The van der Waals surface area contributed by atoms with Gasteiger partial charge in [-0.25, -0.2) is 4.98 Å². The zero-order valence-electron chi connectivity index (χ0n) is 11.6. The van der Waals surface area contributed by atoms with Gasteiger partial charge in [-0.1, -0.05) is 56.0 Å². The van der Waals surface area contributed by atoms with E-state index < -0.39 is 0 Å². The highest BCUT2D eigenvalue weighted by molar-refractivity contribution is 8.77. The summed E-state index contributed by atoms with van der Waals surface area (Å²) in [6.07, 6.45) is 5.35. The summed E-state index contributed by atoms with van der Waals surface area (Å²) in [5.41, 5.74) is 1.13. The lowest BCUT2D eigenvalue weighted by Crippen LogP contribution is -2.00. The van der Waals surface area contributed by atoms with E-state index in [4.69, 9.17) is 0 Å². The van der Waals surface area contributed by atoms with Crippen molar-refractivity contribution in [2.75, 3.05) is 5.75 Å². The van der Waals surface area contributed by atoms with Crippen LogP contribution >= 0.6 is 32.9 Å². The maximum atomic E-state index is 4.66. The summed E-state index contributed by atoms with van der Waals surface area (Å²) in [5.74, 6) is 2.11. The molecule has 2 aromatic rings. The fraction of sp³-hybridized carbons (Fsp3) is 0.533. The van der Waals surface area contributed by atoms with E-state index in [2.05, 4.69) is 43.1 Å². The molecular weight excluding hydrogens is 290 g/mol. The third kappa shape index (κ3) is 4.69. The first-order valence-electron chi connectivity index (χ1n) is 6.98. The molecular formula is C15H21NS3. The van der Waals surface area contributed by atoms with Crippen LogP contribution in [0.1, 0.15) is 39.5 Å². The van der Waals surface area contributed by atoms with Crippen molar-refractivity contribution in [1.82, 2.24) is 4.98 Å². The summed E-state index contributed by atoms with van der Waals surface area (Å²) >= 11 is 1.81. The van der Waals surface area contributed by atoms with E-state index in [9.17, 15) is 0 Å². The molecule has 0 bridgehead atoms. The van der Waals surface area contributed by atoms with E-state index in [1.165, 1.54) is 40.5 Å². The smallest absolute Gasteiger partial charge is 0.161 e. The van der Waals surface area contributed by atoms with Crippen LogP contribution in [0.4, 0.5) is 0 Å². The maximum absolute atomic E-state index is 4.66. The Balaban J connectivity index is 1.81. The SMILES string of the molecule is CCCCC(CC)CSSc1nc2ccccc2s1. The van der Waals surface area contributed by atoms with Crippen molar-refractivity contribution in [3.8, 4) is 0 Å². The second-order valence-electron chi connectivity index (χ2n) is 4.73. The molecule has 1 aromatic carbocycles. The van der Waals surface area contributed by atoms with E-state index >= 15 is 0 Å². The minimum Gasteiger partial charge on any atom is -0.229 e. The van der Waals surface area contributed by atoms with Crippen molar-refractivity contribution in [1.29, 1.82) is 0 Å². The molecule has 1 atom stereocenters. The van der Waals surface area contributed by atoms with Crippen molar-refractivity contribution >= 4 is 43.1 Å². The van der Waals surface area contributed by atoms with Crippen LogP contribution in [0.25, 0.3) is 10.2 Å². The number of hydrogen-bond donors (Lipinski definition) is 0.